The molecule has 0 unspecified atom stereocenters. The first-order chi connectivity index (χ1) is 9.47. The van der Waals surface area contributed by atoms with E-state index < -0.39 is 11.4 Å². The molecule has 0 spiro atoms. The first kappa shape index (κ1) is 14.5. The van der Waals surface area contributed by atoms with E-state index in [1.54, 1.807) is 0 Å². The molecule has 0 saturated heterocycles. The molecule has 0 atom stereocenters. The molecule has 1 aromatic carbocycles. The van der Waals surface area contributed by atoms with E-state index in [9.17, 15) is 14.3 Å². The number of hydrogen-bond donors (Lipinski definition) is 1. The van der Waals surface area contributed by atoms with E-state index in [-0.39, 0.29) is 18.3 Å². The lowest BCUT2D eigenvalue weighted by molar-refractivity contribution is 0.0102. The molecule has 108 valence electrons. The van der Waals surface area contributed by atoms with Crippen molar-refractivity contribution >= 4 is 0 Å². The van der Waals surface area contributed by atoms with E-state index in [0.29, 0.717) is 18.4 Å². The summed E-state index contributed by atoms with van der Waals surface area (Å²) < 4.78 is 19.0. The maximum absolute atomic E-state index is 12.8. The molecule has 1 heterocycles. The molecule has 0 aliphatic heterocycles. The molecule has 5 nitrogen and oxygen atoms in total. The first-order valence-electron chi connectivity index (χ1n) is 6.53. The van der Waals surface area contributed by atoms with Crippen molar-refractivity contribution in [3.63, 3.8) is 0 Å². The van der Waals surface area contributed by atoms with Crippen LogP contribution >= 0.6 is 0 Å². The smallest absolute Gasteiger partial charge is 0.388 e. The minimum Gasteiger partial charge on any atom is -0.388 e. The van der Waals surface area contributed by atoms with Gasteiger partial charge < -0.3 is 9.52 Å². The van der Waals surface area contributed by atoms with Crippen LogP contribution in [0.4, 0.5) is 4.39 Å². The summed E-state index contributed by atoms with van der Waals surface area (Å²) in [5, 5.41) is 14.3. The van der Waals surface area contributed by atoms with E-state index in [1.165, 1.54) is 24.3 Å². The van der Waals surface area contributed by atoms with Gasteiger partial charge in [-0.1, -0.05) is 13.8 Å². The molecule has 20 heavy (non-hydrogen) atoms. The number of halogens is 1. The SMILES string of the molecule is CCC(O)(CC)Cn1nc(-c2ccc(F)cc2)oc1=O. The molecule has 0 radical (unpaired) electrons. The quantitative estimate of drug-likeness (QED) is 0.911. The normalized spacial score (nSPS) is 11.8. The van der Waals surface area contributed by atoms with Crippen LogP contribution < -0.4 is 5.76 Å². The molecule has 0 aliphatic carbocycles. The van der Waals surface area contributed by atoms with Crippen molar-refractivity contribution in [2.75, 3.05) is 0 Å². The Morgan fingerprint density at radius 3 is 2.45 bits per heavy atom. The molecular formula is C14H17FN2O3. The van der Waals surface area contributed by atoms with Crippen LogP contribution in [0.15, 0.2) is 33.5 Å². The zero-order chi connectivity index (χ0) is 14.8. The zero-order valence-electron chi connectivity index (χ0n) is 11.5. The Morgan fingerprint density at radius 1 is 1.30 bits per heavy atom. The Bertz CT molecular complexity index is 627. The van der Waals surface area contributed by atoms with Crippen LogP contribution in [0.25, 0.3) is 11.5 Å². The molecule has 1 N–H and O–H groups in total. The minimum absolute atomic E-state index is 0.0729. The number of hydrogen-bond acceptors (Lipinski definition) is 4. The summed E-state index contributed by atoms with van der Waals surface area (Å²) in [6, 6.07) is 5.50. The van der Waals surface area contributed by atoms with Crippen molar-refractivity contribution in [2.24, 2.45) is 0 Å². The van der Waals surface area contributed by atoms with Crippen LogP contribution in [-0.4, -0.2) is 20.5 Å². The van der Waals surface area contributed by atoms with Gasteiger partial charge in [0.25, 0.3) is 0 Å². The molecule has 2 rings (SSSR count). The second-order valence-electron chi connectivity index (χ2n) is 4.77. The number of rotatable bonds is 5. The highest BCUT2D eigenvalue weighted by Gasteiger charge is 2.25. The highest BCUT2D eigenvalue weighted by atomic mass is 19.1. The van der Waals surface area contributed by atoms with Crippen molar-refractivity contribution in [2.45, 2.75) is 38.8 Å². The summed E-state index contributed by atoms with van der Waals surface area (Å²) >= 11 is 0. The maximum atomic E-state index is 12.8. The van der Waals surface area contributed by atoms with Crippen LogP contribution in [0.3, 0.4) is 0 Å². The fraction of sp³-hybridized carbons (Fsp3) is 0.429. The summed E-state index contributed by atoms with van der Waals surface area (Å²) in [6.45, 7) is 3.76. The second-order valence-corrected chi connectivity index (χ2v) is 4.77. The van der Waals surface area contributed by atoms with Gasteiger partial charge in [-0.3, -0.25) is 0 Å². The van der Waals surface area contributed by atoms with Crippen molar-refractivity contribution in [3.8, 4) is 11.5 Å². The van der Waals surface area contributed by atoms with E-state index in [0.717, 1.165) is 4.68 Å². The van der Waals surface area contributed by atoms with Crippen LogP contribution in [-0.2, 0) is 6.54 Å². The van der Waals surface area contributed by atoms with Gasteiger partial charge in [0.05, 0.1) is 12.1 Å². The second kappa shape index (κ2) is 5.58. The minimum atomic E-state index is -0.985. The van der Waals surface area contributed by atoms with Gasteiger partial charge in [-0.25, -0.2) is 9.18 Å². The Labute approximate surface area is 115 Å². The number of aliphatic hydroxyl groups is 1. The Hall–Kier alpha value is -1.95. The lowest BCUT2D eigenvalue weighted by Gasteiger charge is -2.23. The summed E-state index contributed by atoms with van der Waals surface area (Å²) in [4.78, 5) is 11.7. The fourth-order valence-corrected chi connectivity index (χ4v) is 1.87. The van der Waals surface area contributed by atoms with E-state index in [4.69, 9.17) is 4.42 Å². The molecule has 2 aromatic rings. The molecule has 6 heteroatoms. The van der Waals surface area contributed by atoms with Crippen LogP contribution in [0.5, 0.6) is 0 Å². The lowest BCUT2D eigenvalue weighted by atomic mass is 9.98. The monoisotopic (exact) mass is 280 g/mol. The third-order valence-electron chi connectivity index (χ3n) is 3.46. The number of aromatic nitrogens is 2. The summed E-state index contributed by atoms with van der Waals surface area (Å²) in [5.74, 6) is -0.893. The lowest BCUT2D eigenvalue weighted by Crippen LogP contribution is -2.36. The average Bonchev–Trinajstić information content (AvgIpc) is 2.80. The maximum Gasteiger partial charge on any atom is 0.437 e. The molecule has 1 aromatic heterocycles. The molecule has 0 saturated carbocycles. The predicted octanol–water partition coefficient (Wildman–Crippen LogP) is 2.19. The Morgan fingerprint density at radius 2 is 1.90 bits per heavy atom. The van der Waals surface area contributed by atoms with E-state index in [2.05, 4.69) is 5.10 Å². The predicted molar refractivity (Wildman–Crippen MR) is 71.7 cm³/mol. The van der Waals surface area contributed by atoms with Gasteiger partial charge in [0, 0.05) is 5.56 Å². The Balaban J connectivity index is 2.30. The highest BCUT2D eigenvalue weighted by molar-refractivity contribution is 5.51. The third kappa shape index (κ3) is 2.96. The summed E-state index contributed by atoms with van der Waals surface area (Å²) in [5.41, 5.74) is -0.473. The van der Waals surface area contributed by atoms with Gasteiger partial charge in [0.15, 0.2) is 0 Å². The van der Waals surface area contributed by atoms with Crippen molar-refractivity contribution < 1.29 is 13.9 Å². The van der Waals surface area contributed by atoms with E-state index in [1.807, 2.05) is 13.8 Å². The van der Waals surface area contributed by atoms with Crippen LogP contribution in [0.1, 0.15) is 26.7 Å². The summed E-state index contributed by atoms with van der Waals surface area (Å²) in [7, 11) is 0. The fourth-order valence-electron chi connectivity index (χ4n) is 1.87. The topological polar surface area (TPSA) is 68.3 Å². The zero-order valence-corrected chi connectivity index (χ0v) is 11.5. The standard InChI is InChI=1S/C14H17FN2O3/c1-3-14(19,4-2)9-17-13(18)20-12(16-17)10-5-7-11(15)8-6-10/h5-8,19H,3-4,9H2,1-2H3. The van der Waals surface area contributed by atoms with Gasteiger partial charge in [-0.15, -0.1) is 5.10 Å². The summed E-state index contributed by atoms with van der Waals surface area (Å²) in [6.07, 6.45) is 1.02. The molecule has 0 bridgehead atoms. The third-order valence-corrected chi connectivity index (χ3v) is 3.46. The van der Waals surface area contributed by atoms with Crippen molar-refractivity contribution in [1.29, 1.82) is 0 Å². The number of nitrogens with zero attached hydrogens (tertiary/aromatic N) is 2. The average molecular weight is 280 g/mol. The molecular weight excluding hydrogens is 263 g/mol. The first-order valence-corrected chi connectivity index (χ1v) is 6.53. The van der Waals surface area contributed by atoms with Crippen molar-refractivity contribution in [3.05, 3.63) is 40.6 Å². The molecule has 0 amide bonds. The van der Waals surface area contributed by atoms with Crippen molar-refractivity contribution in [1.82, 2.24) is 9.78 Å². The van der Waals surface area contributed by atoms with Gasteiger partial charge >= 0.3 is 5.76 Å². The van der Waals surface area contributed by atoms with Gasteiger partial charge in [-0.2, -0.15) is 4.68 Å². The highest BCUT2D eigenvalue weighted by Crippen LogP contribution is 2.19. The Kier molecular flexibility index (Phi) is 4.04. The van der Waals surface area contributed by atoms with Crippen LogP contribution in [0.2, 0.25) is 0 Å². The van der Waals surface area contributed by atoms with E-state index >= 15 is 0 Å². The van der Waals surface area contributed by atoms with Gasteiger partial charge in [0.1, 0.15) is 5.82 Å². The largest absolute Gasteiger partial charge is 0.437 e. The van der Waals surface area contributed by atoms with Gasteiger partial charge in [0.2, 0.25) is 5.89 Å². The molecule has 0 aliphatic rings. The van der Waals surface area contributed by atoms with Crippen LogP contribution in [0, 0.1) is 5.82 Å². The van der Waals surface area contributed by atoms with Gasteiger partial charge in [-0.05, 0) is 37.1 Å². The number of benzene rings is 1. The molecule has 0 fully saturated rings.